The largest absolute Gasteiger partial charge is 0.316 e. The number of allylic oxidation sites excluding steroid dienone is 1. The molecule has 4 heteroatoms. The number of halogens is 1. The Balaban J connectivity index is 2.07. The lowest BCUT2D eigenvalue weighted by molar-refractivity contribution is 0.627. The lowest BCUT2D eigenvalue weighted by Crippen LogP contribution is -1.99. The molecule has 3 nitrogen and oxygen atoms in total. The van der Waals surface area contributed by atoms with Crippen LogP contribution in [-0.2, 0) is 0 Å². The third-order valence-corrected chi connectivity index (χ3v) is 3.95. The molecule has 1 aromatic carbocycles. The molecule has 0 aliphatic carbocycles. The number of aryl methyl sites for hydroxylation is 1. The number of rotatable bonds is 3. The highest BCUT2D eigenvalue weighted by molar-refractivity contribution is 5.90. The van der Waals surface area contributed by atoms with E-state index in [1.807, 2.05) is 38.1 Å². The van der Waals surface area contributed by atoms with Crippen LogP contribution in [-0.4, -0.2) is 9.55 Å². The van der Waals surface area contributed by atoms with Crippen LogP contribution >= 0.6 is 0 Å². The van der Waals surface area contributed by atoms with E-state index < -0.39 is 0 Å². The molecule has 3 rings (SSSR count). The van der Waals surface area contributed by atoms with E-state index in [1.54, 1.807) is 24.5 Å². The van der Waals surface area contributed by atoms with Gasteiger partial charge in [0.1, 0.15) is 5.82 Å². The Bertz CT molecular complexity index is 930. The maximum Gasteiger partial charge on any atom is 0.123 e. The van der Waals surface area contributed by atoms with Crippen molar-refractivity contribution in [1.29, 1.82) is 5.26 Å². The van der Waals surface area contributed by atoms with Crippen molar-refractivity contribution in [3.8, 4) is 11.8 Å². The van der Waals surface area contributed by atoms with Gasteiger partial charge >= 0.3 is 0 Å². The van der Waals surface area contributed by atoms with Gasteiger partial charge < -0.3 is 4.57 Å². The van der Waals surface area contributed by atoms with Gasteiger partial charge in [-0.25, -0.2) is 4.39 Å². The molecule has 2 heterocycles. The molecular formula is C20H16FN3. The fourth-order valence-electron chi connectivity index (χ4n) is 2.78. The number of benzene rings is 1. The molecule has 0 atom stereocenters. The van der Waals surface area contributed by atoms with Crippen LogP contribution in [0.4, 0.5) is 4.39 Å². The monoisotopic (exact) mass is 317 g/mol. The van der Waals surface area contributed by atoms with Crippen LogP contribution in [0.15, 0.2) is 54.9 Å². The van der Waals surface area contributed by atoms with Crippen molar-refractivity contribution in [3.05, 3.63) is 83.2 Å². The molecule has 24 heavy (non-hydrogen) atoms. The topological polar surface area (TPSA) is 41.6 Å². The van der Waals surface area contributed by atoms with E-state index in [2.05, 4.69) is 15.6 Å². The summed E-state index contributed by atoms with van der Waals surface area (Å²) in [5.74, 6) is -0.314. The predicted molar refractivity (Wildman–Crippen MR) is 92.9 cm³/mol. The van der Waals surface area contributed by atoms with E-state index in [-0.39, 0.29) is 5.82 Å². The summed E-state index contributed by atoms with van der Waals surface area (Å²) in [5, 5.41) is 9.47. The van der Waals surface area contributed by atoms with E-state index in [4.69, 9.17) is 0 Å². The van der Waals surface area contributed by atoms with E-state index in [0.29, 0.717) is 11.1 Å². The summed E-state index contributed by atoms with van der Waals surface area (Å²) in [5.41, 5.74) is 5.22. The molecule has 0 amide bonds. The quantitative estimate of drug-likeness (QED) is 0.657. The first-order valence-electron chi connectivity index (χ1n) is 7.57. The van der Waals surface area contributed by atoms with E-state index in [0.717, 1.165) is 22.6 Å². The maximum absolute atomic E-state index is 13.1. The molecule has 0 fully saturated rings. The standard InChI is InChI=1S/C20H16FN3/c1-14-10-17(15(2)24(14)20-4-3-9-23-13-20)11-18(12-22)16-5-7-19(21)8-6-16/h3-11,13H,1-2H3/b18-11-. The Morgan fingerprint density at radius 3 is 2.58 bits per heavy atom. The van der Waals surface area contributed by atoms with Crippen molar-refractivity contribution in [2.45, 2.75) is 13.8 Å². The molecule has 2 aromatic heterocycles. The zero-order valence-electron chi connectivity index (χ0n) is 13.5. The van der Waals surface area contributed by atoms with E-state index in [9.17, 15) is 9.65 Å². The third kappa shape index (κ3) is 2.97. The number of hydrogen-bond acceptors (Lipinski definition) is 2. The van der Waals surface area contributed by atoms with Crippen LogP contribution in [0.1, 0.15) is 22.5 Å². The van der Waals surface area contributed by atoms with Gasteiger partial charge in [0, 0.05) is 17.6 Å². The second-order valence-electron chi connectivity index (χ2n) is 5.55. The van der Waals surface area contributed by atoms with Crippen molar-refractivity contribution >= 4 is 11.6 Å². The first-order valence-corrected chi connectivity index (χ1v) is 7.57. The Hall–Kier alpha value is -3.19. The van der Waals surface area contributed by atoms with Crippen molar-refractivity contribution in [2.75, 3.05) is 0 Å². The van der Waals surface area contributed by atoms with Gasteiger partial charge in [-0.2, -0.15) is 5.26 Å². The van der Waals surface area contributed by atoms with Crippen molar-refractivity contribution in [2.24, 2.45) is 0 Å². The SMILES string of the molecule is Cc1cc(/C=C(/C#N)c2ccc(F)cc2)c(C)n1-c1cccnc1. The van der Waals surface area contributed by atoms with Gasteiger partial charge in [0.05, 0.1) is 23.5 Å². The average molecular weight is 317 g/mol. The van der Waals surface area contributed by atoms with Crippen LogP contribution in [0, 0.1) is 31.0 Å². The maximum atomic E-state index is 13.1. The van der Waals surface area contributed by atoms with Gasteiger partial charge in [-0.1, -0.05) is 12.1 Å². The summed E-state index contributed by atoms with van der Waals surface area (Å²) in [7, 11) is 0. The summed E-state index contributed by atoms with van der Waals surface area (Å²) in [4.78, 5) is 4.16. The van der Waals surface area contributed by atoms with Crippen molar-refractivity contribution in [1.82, 2.24) is 9.55 Å². The summed E-state index contributed by atoms with van der Waals surface area (Å²) in [6, 6.07) is 14.1. The van der Waals surface area contributed by atoms with Crippen LogP contribution in [0.3, 0.4) is 0 Å². The highest BCUT2D eigenvalue weighted by atomic mass is 19.1. The number of aromatic nitrogens is 2. The normalized spacial score (nSPS) is 11.3. The van der Waals surface area contributed by atoms with Gasteiger partial charge in [-0.3, -0.25) is 4.98 Å². The molecule has 0 spiro atoms. The van der Waals surface area contributed by atoms with Crippen LogP contribution in [0.25, 0.3) is 17.3 Å². The van der Waals surface area contributed by atoms with Gasteiger partial charge in [0.2, 0.25) is 0 Å². The molecule has 118 valence electrons. The number of nitrogens with zero attached hydrogens (tertiary/aromatic N) is 3. The molecular weight excluding hydrogens is 301 g/mol. The van der Waals surface area contributed by atoms with E-state index >= 15 is 0 Å². The molecule has 3 aromatic rings. The molecule has 0 aliphatic heterocycles. The third-order valence-electron chi connectivity index (χ3n) is 3.95. The Morgan fingerprint density at radius 2 is 1.96 bits per heavy atom. The van der Waals surface area contributed by atoms with Crippen LogP contribution in [0.5, 0.6) is 0 Å². The van der Waals surface area contributed by atoms with Crippen molar-refractivity contribution in [3.63, 3.8) is 0 Å². The van der Waals surface area contributed by atoms with E-state index in [1.165, 1.54) is 12.1 Å². The Labute approximate surface area is 140 Å². The van der Waals surface area contributed by atoms with Crippen molar-refractivity contribution < 1.29 is 4.39 Å². The highest BCUT2D eigenvalue weighted by Gasteiger charge is 2.11. The number of pyridine rings is 1. The second kappa shape index (κ2) is 6.51. The Kier molecular flexibility index (Phi) is 4.26. The second-order valence-corrected chi connectivity index (χ2v) is 5.55. The molecule has 0 N–H and O–H groups in total. The summed E-state index contributed by atoms with van der Waals surface area (Å²) in [6.07, 6.45) is 5.38. The van der Waals surface area contributed by atoms with Gasteiger partial charge in [-0.15, -0.1) is 0 Å². The lowest BCUT2D eigenvalue weighted by atomic mass is 10.0. The number of hydrogen-bond donors (Lipinski definition) is 0. The minimum Gasteiger partial charge on any atom is -0.316 e. The highest BCUT2D eigenvalue weighted by Crippen LogP contribution is 2.25. The predicted octanol–water partition coefficient (Wildman–Crippen LogP) is 4.69. The molecule has 0 saturated carbocycles. The molecule has 0 bridgehead atoms. The summed E-state index contributed by atoms with van der Waals surface area (Å²) in [6.45, 7) is 4.02. The lowest BCUT2D eigenvalue weighted by Gasteiger charge is -2.08. The first kappa shape index (κ1) is 15.7. The first-order chi connectivity index (χ1) is 11.6. The smallest absolute Gasteiger partial charge is 0.123 e. The molecule has 0 aliphatic rings. The minimum atomic E-state index is -0.314. The summed E-state index contributed by atoms with van der Waals surface area (Å²) < 4.78 is 15.2. The molecule has 0 saturated heterocycles. The van der Waals surface area contributed by atoms with Gasteiger partial charge in [0.25, 0.3) is 0 Å². The zero-order valence-corrected chi connectivity index (χ0v) is 13.5. The molecule has 0 radical (unpaired) electrons. The molecule has 0 unspecified atom stereocenters. The fraction of sp³-hybridized carbons (Fsp3) is 0.100. The van der Waals surface area contributed by atoms with Crippen LogP contribution in [0.2, 0.25) is 0 Å². The van der Waals surface area contributed by atoms with Crippen LogP contribution < -0.4 is 0 Å². The zero-order chi connectivity index (χ0) is 17.1. The average Bonchev–Trinajstić information content (AvgIpc) is 2.88. The fourth-order valence-corrected chi connectivity index (χ4v) is 2.78. The van der Waals surface area contributed by atoms with Gasteiger partial charge in [-0.05, 0) is 61.4 Å². The van der Waals surface area contributed by atoms with Gasteiger partial charge in [0.15, 0.2) is 0 Å². The summed E-state index contributed by atoms with van der Waals surface area (Å²) >= 11 is 0. The Morgan fingerprint density at radius 1 is 1.21 bits per heavy atom. The minimum absolute atomic E-state index is 0.314. The number of nitriles is 1.